The van der Waals surface area contributed by atoms with Crippen LogP contribution in [0, 0.1) is 0 Å². The topological polar surface area (TPSA) is 53.0 Å². The molecule has 1 rings (SSSR count). The molecule has 2 N–H and O–H groups in total. The summed E-state index contributed by atoms with van der Waals surface area (Å²) < 4.78 is 4.83. The molecule has 1 aliphatic heterocycles. The first-order valence-corrected chi connectivity index (χ1v) is 4.26. The second kappa shape index (κ2) is 3.44. The molecular weight excluding hydrogens is 151 g/mol. The predicted molar refractivity (Wildman–Crippen MR) is 40.3 cm³/mol. The maximum atomic E-state index is 9.17. The van der Waals surface area contributed by atoms with E-state index in [1.807, 2.05) is 0 Å². The Hall–Kier alpha value is 0.0500. The van der Waals surface area contributed by atoms with Crippen LogP contribution in [-0.2, 0) is 4.74 Å². The van der Waals surface area contributed by atoms with Gasteiger partial charge in [-0.15, -0.1) is 6.58 Å². The summed E-state index contributed by atoms with van der Waals surface area (Å²) in [4.78, 5) is 0. The summed E-state index contributed by atoms with van der Waals surface area (Å²) in [6.45, 7) is 4.02. The largest absolute Gasteiger partial charge is 0.386 e. The molecular formula is C6H11O3P. The molecule has 1 fully saturated rings. The summed E-state index contributed by atoms with van der Waals surface area (Å²) in [5, 5.41) is 18.2. The fourth-order valence-electron chi connectivity index (χ4n) is 0.588. The van der Waals surface area contributed by atoms with Gasteiger partial charge in [-0.1, -0.05) is 14.7 Å². The van der Waals surface area contributed by atoms with Crippen molar-refractivity contribution in [3.63, 3.8) is 0 Å². The molecule has 0 aliphatic carbocycles. The van der Waals surface area contributed by atoms with E-state index < -0.39 is 11.7 Å². The molecule has 4 heteroatoms. The average Bonchev–Trinajstić information content (AvgIpc) is 2.68. The van der Waals surface area contributed by atoms with Crippen molar-refractivity contribution in [2.45, 2.75) is 17.8 Å². The average molecular weight is 162 g/mol. The van der Waals surface area contributed by atoms with E-state index in [0.29, 0.717) is 6.61 Å². The maximum absolute atomic E-state index is 9.17. The van der Waals surface area contributed by atoms with Gasteiger partial charge in [-0.3, -0.25) is 0 Å². The standard InChI is InChI=1S/C6H11O3P/c1-2-5(7)10-6(8)4-3-9-4/h2,4-8,10H,1,3H2. The van der Waals surface area contributed by atoms with Crippen molar-refractivity contribution in [2.75, 3.05) is 6.61 Å². The van der Waals surface area contributed by atoms with Crippen LogP contribution in [-0.4, -0.2) is 34.6 Å². The van der Waals surface area contributed by atoms with E-state index in [2.05, 4.69) is 6.58 Å². The molecule has 58 valence electrons. The third-order valence-corrected chi connectivity index (χ3v) is 2.57. The Morgan fingerprint density at radius 1 is 1.70 bits per heavy atom. The molecule has 0 aromatic carbocycles. The van der Waals surface area contributed by atoms with Crippen molar-refractivity contribution in [1.82, 2.24) is 0 Å². The highest BCUT2D eigenvalue weighted by Crippen LogP contribution is 2.31. The zero-order valence-corrected chi connectivity index (χ0v) is 6.53. The number of ether oxygens (including phenoxy) is 1. The molecule has 4 atom stereocenters. The van der Waals surface area contributed by atoms with Crippen molar-refractivity contribution < 1.29 is 14.9 Å². The highest BCUT2D eigenvalue weighted by molar-refractivity contribution is 7.39. The highest BCUT2D eigenvalue weighted by atomic mass is 31.1. The highest BCUT2D eigenvalue weighted by Gasteiger charge is 2.31. The first-order chi connectivity index (χ1) is 4.74. The van der Waals surface area contributed by atoms with Gasteiger partial charge in [0.25, 0.3) is 0 Å². The minimum atomic E-state index is -0.584. The van der Waals surface area contributed by atoms with Crippen molar-refractivity contribution in [3.8, 4) is 0 Å². The van der Waals surface area contributed by atoms with Crippen molar-refractivity contribution in [3.05, 3.63) is 12.7 Å². The van der Waals surface area contributed by atoms with Gasteiger partial charge >= 0.3 is 0 Å². The first-order valence-electron chi connectivity index (χ1n) is 3.10. The molecule has 1 saturated heterocycles. The molecule has 0 spiro atoms. The van der Waals surface area contributed by atoms with Gasteiger partial charge in [0.1, 0.15) is 11.9 Å². The molecule has 0 aromatic rings. The molecule has 1 aliphatic rings. The lowest BCUT2D eigenvalue weighted by Gasteiger charge is -2.09. The van der Waals surface area contributed by atoms with Crippen LogP contribution >= 0.6 is 8.58 Å². The molecule has 0 amide bonds. The molecule has 3 nitrogen and oxygen atoms in total. The summed E-state index contributed by atoms with van der Waals surface area (Å²) >= 11 is 0. The lowest BCUT2D eigenvalue weighted by molar-refractivity contribution is 0.203. The Bertz CT molecular complexity index is 124. The Kier molecular flexibility index (Phi) is 2.81. The van der Waals surface area contributed by atoms with Crippen LogP contribution in [0.2, 0.25) is 0 Å². The van der Waals surface area contributed by atoms with Crippen LogP contribution < -0.4 is 0 Å². The quantitative estimate of drug-likeness (QED) is 0.344. The molecule has 1 heterocycles. The minimum Gasteiger partial charge on any atom is -0.386 e. The number of hydrogen-bond acceptors (Lipinski definition) is 3. The monoisotopic (exact) mass is 162 g/mol. The maximum Gasteiger partial charge on any atom is 0.111 e. The van der Waals surface area contributed by atoms with Gasteiger partial charge in [-0.25, -0.2) is 0 Å². The van der Waals surface area contributed by atoms with Crippen molar-refractivity contribution >= 4 is 8.58 Å². The molecule has 0 saturated carbocycles. The van der Waals surface area contributed by atoms with E-state index in [9.17, 15) is 5.11 Å². The Balaban J connectivity index is 2.15. The molecule has 4 unspecified atom stereocenters. The number of hydrogen-bond donors (Lipinski definition) is 2. The summed E-state index contributed by atoms with van der Waals surface area (Å²) in [7, 11) is 0.0907. The van der Waals surface area contributed by atoms with Crippen molar-refractivity contribution in [1.29, 1.82) is 0 Å². The number of epoxide rings is 1. The van der Waals surface area contributed by atoms with E-state index >= 15 is 0 Å². The second-order valence-electron chi connectivity index (χ2n) is 2.16. The predicted octanol–water partition coefficient (Wildman–Crippen LogP) is -0.114. The fourth-order valence-corrected chi connectivity index (χ4v) is 1.48. The van der Waals surface area contributed by atoms with E-state index in [1.165, 1.54) is 6.08 Å². The summed E-state index contributed by atoms with van der Waals surface area (Å²) in [5.74, 6) is -1.09. The Morgan fingerprint density at radius 2 is 2.30 bits per heavy atom. The van der Waals surface area contributed by atoms with Gasteiger partial charge in [0, 0.05) is 0 Å². The lowest BCUT2D eigenvalue weighted by Crippen LogP contribution is -2.11. The van der Waals surface area contributed by atoms with Gasteiger partial charge < -0.3 is 14.9 Å². The molecule has 10 heavy (non-hydrogen) atoms. The first kappa shape index (κ1) is 8.15. The van der Waals surface area contributed by atoms with Crippen molar-refractivity contribution in [2.24, 2.45) is 0 Å². The van der Waals surface area contributed by atoms with E-state index in [-0.39, 0.29) is 14.7 Å². The Labute approximate surface area is 61.5 Å². The number of rotatable bonds is 4. The van der Waals surface area contributed by atoms with E-state index in [0.717, 1.165) is 0 Å². The number of aliphatic hydroxyl groups is 2. The van der Waals surface area contributed by atoms with Crippen LogP contribution in [0.1, 0.15) is 0 Å². The molecule has 0 radical (unpaired) electrons. The Morgan fingerprint density at radius 3 is 2.70 bits per heavy atom. The fraction of sp³-hybridized carbons (Fsp3) is 0.667. The van der Waals surface area contributed by atoms with Crippen LogP contribution in [0.25, 0.3) is 0 Å². The molecule has 0 aromatic heterocycles. The minimum absolute atomic E-state index is 0.0343. The zero-order valence-electron chi connectivity index (χ0n) is 5.53. The van der Waals surface area contributed by atoms with Gasteiger partial charge in [-0.05, 0) is 0 Å². The van der Waals surface area contributed by atoms with E-state index in [4.69, 9.17) is 9.84 Å². The third kappa shape index (κ3) is 2.35. The summed E-state index contributed by atoms with van der Waals surface area (Å²) in [5.41, 5.74) is 0. The van der Waals surface area contributed by atoms with Crippen LogP contribution in [0.15, 0.2) is 12.7 Å². The van der Waals surface area contributed by atoms with Crippen LogP contribution in [0.5, 0.6) is 0 Å². The van der Waals surface area contributed by atoms with Gasteiger partial charge in [0.2, 0.25) is 0 Å². The normalized spacial score (nSPS) is 30.4. The van der Waals surface area contributed by atoms with Crippen LogP contribution in [0.3, 0.4) is 0 Å². The van der Waals surface area contributed by atoms with Crippen LogP contribution in [0.4, 0.5) is 0 Å². The number of aliphatic hydroxyl groups excluding tert-OH is 2. The zero-order chi connectivity index (χ0) is 7.56. The van der Waals surface area contributed by atoms with Gasteiger partial charge in [0.15, 0.2) is 0 Å². The second-order valence-corrected chi connectivity index (χ2v) is 3.68. The molecule has 0 bridgehead atoms. The lowest BCUT2D eigenvalue weighted by atomic mass is 10.5. The third-order valence-electron chi connectivity index (χ3n) is 1.28. The smallest absolute Gasteiger partial charge is 0.111 e. The van der Waals surface area contributed by atoms with E-state index in [1.54, 1.807) is 0 Å². The SMILES string of the molecule is C=CC(O)PC(O)C1CO1. The van der Waals surface area contributed by atoms with Gasteiger partial charge in [0.05, 0.1) is 12.5 Å². The summed E-state index contributed by atoms with van der Waals surface area (Å²) in [6.07, 6.45) is 1.39. The van der Waals surface area contributed by atoms with Gasteiger partial charge in [-0.2, -0.15) is 0 Å². The summed E-state index contributed by atoms with van der Waals surface area (Å²) in [6, 6.07) is 0.